The van der Waals surface area contributed by atoms with Gasteiger partial charge in [0.25, 0.3) is 5.91 Å². The third kappa shape index (κ3) is 5.09. The van der Waals surface area contributed by atoms with Crippen molar-refractivity contribution in [2.75, 3.05) is 25.0 Å². The summed E-state index contributed by atoms with van der Waals surface area (Å²) in [5.74, 6) is 0.426. The van der Waals surface area contributed by atoms with Crippen LogP contribution in [0.1, 0.15) is 31.3 Å². The molecule has 0 aliphatic carbocycles. The number of carbonyl (C=O) groups excluding carboxylic acids is 1. The molecule has 0 aliphatic heterocycles. The molecule has 0 saturated heterocycles. The number of amides is 1. The van der Waals surface area contributed by atoms with Gasteiger partial charge in [-0.15, -0.1) is 10.2 Å². The van der Waals surface area contributed by atoms with Gasteiger partial charge >= 0.3 is 0 Å². The van der Waals surface area contributed by atoms with Gasteiger partial charge in [0, 0.05) is 13.1 Å². The third-order valence-corrected chi connectivity index (χ3v) is 2.09. The molecular formula is C12H20N4O2. The molecule has 0 saturated carbocycles. The number of hydrogen-bond donors (Lipinski definition) is 2. The fraction of sp³-hybridized carbons (Fsp3) is 0.583. The fourth-order valence-corrected chi connectivity index (χ4v) is 1.27. The number of rotatable bonds is 7. The molecule has 1 aromatic heterocycles. The van der Waals surface area contributed by atoms with Crippen LogP contribution >= 0.6 is 0 Å². The lowest BCUT2D eigenvalue weighted by Crippen LogP contribution is -2.24. The number of hydrogen-bond acceptors (Lipinski definition) is 5. The van der Waals surface area contributed by atoms with Crippen LogP contribution in [0.15, 0.2) is 12.1 Å². The summed E-state index contributed by atoms with van der Waals surface area (Å²) < 4.78 is 5.38. The Labute approximate surface area is 107 Å². The van der Waals surface area contributed by atoms with E-state index in [1.807, 2.05) is 20.8 Å². The highest BCUT2D eigenvalue weighted by Gasteiger charge is 2.06. The Balaban J connectivity index is 2.38. The molecule has 0 spiro atoms. The quantitative estimate of drug-likeness (QED) is 0.710. The molecule has 0 bridgehead atoms. The Bertz CT molecular complexity index is 365. The summed E-state index contributed by atoms with van der Waals surface area (Å²) in [6.45, 7) is 7.68. The molecule has 0 aromatic carbocycles. The van der Waals surface area contributed by atoms with Crippen molar-refractivity contribution < 1.29 is 9.53 Å². The van der Waals surface area contributed by atoms with Crippen molar-refractivity contribution >= 4 is 11.7 Å². The molecule has 6 nitrogen and oxygen atoms in total. The first-order chi connectivity index (χ1) is 8.63. The van der Waals surface area contributed by atoms with Crippen LogP contribution in [0.4, 0.5) is 5.82 Å². The predicted molar refractivity (Wildman–Crippen MR) is 69.6 cm³/mol. The van der Waals surface area contributed by atoms with Crippen LogP contribution in [0.25, 0.3) is 0 Å². The average Bonchev–Trinajstić information content (AvgIpc) is 2.35. The number of nitrogens with one attached hydrogen (secondary N) is 2. The first-order valence-electron chi connectivity index (χ1n) is 6.11. The number of carbonyl (C=O) groups is 1. The van der Waals surface area contributed by atoms with Crippen LogP contribution in [-0.2, 0) is 4.74 Å². The van der Waals surface area contributed by atoms with E-state index in [4.69, 9.17) is 4.74 Å². The maximum Gasteiger partial charge on any atom is 0.271 e. The second kappa shape index (κ2) is 7.60. The van der Waals surface area contributed by atoms with Gasteiger partial charge in [-0.3, -0.25) is 4.79 Å². The summed E-state index contributed by atoms with van der Waals surface area (Å²) in [4.78, 5) is 11.4. The number of ether oxygens (including phenoxy) is 1. The highest BCUT2D eigenvalue weighted by Crippen LogP contribution is 2.01. The van der Waals surface area contributed by atoms with E-state index < -0.39 is 0 Å². The van der Waals surface area contributed by atoms with Crippen LogP contribution in [0.3, 0.4) is 0 Å². The second-order valence-electron chi connectivity index (χ2n) is 4.01. The zero-order valence-corrected chi connectivity index (χ0v) is 11.1. The molecule has 0 unspecified atom stereocenters. The van der Waals surface area contributed by atoms with Crippen molar-refractivity contribution in [2.24, 2.45) is 0 Å². The summed E-state index contributed by atoms with van der Waals surface area (Å²) >= 11 is 0. The normalized spacial score (nSPS) is 10.4. The molecule has 1 heterocycles. The van der Waals surface area contributed by atoms with Crippen LogP contribution in [0.2, 0.25) is 0 Å². The lowest BCUT2D eigenvalue weighted by molar-refractivity contribution is 0.0869. The van der Waals surface area contributed by atoms with Gasteiger partial charge in [-0.05, 0) is 32.9 Å². The molecule has 18 heavy (non-hydrogen) atoms. The fourth-order valence-electron chi connectivity index (χ4n) is 1.27. The SMILES string of the molecule is CCNC(=O)c1ccc(NCCOC(C)C)nn1. The maximum absolute atomic E-state index is 11.4. The van der Waals surface area contributed by atoms with Crippen LogP contribution in [0, 0.1) is 0 Å². The van der Waals surface area contributed by atoms with E-state index in [1.165, 1.54) is 0 Å². The van der Waals surface area contributed by atoms with E-state index in [2.05, 4.69) is 20.8 Å². The van der Waals surface area contributed by atoms with Gasteiger partial charge in [-0.25, -0.2) is 0 Å². The predicted octanol–water partition coefficient (Wildman–Crippen LogP) is 1.06. The summed E-state index contributed by atoms with van der Waals surface area (Å²) in [6, 6.07) is 3.37. The van der Waals surface area contributed by atoms with Crippen LogP contribution in [-0.4, -0.2) is 41.9 Å². The average molecular weight is 252 g/mol. The molecule has 1 amide bonds. The Morgan fingerprint density at radius 2 is 2.17 bits per heavy atom. The van der Waals surface area contributed by atoms with Crippen LogP contribution in [0.5, 0.6) is 0 Å². The molecule has 0 atom stereocenters. The molecule has 1 rings (SSSR count). The standard InChI is InChI=1S/C12H20N4O2/c1-4-13-12(17)10-5-6-11(16-15-10)14-7-8-18-9(2)3/h5-6,9H,4,7-8H2,1-3H3,(H,13,17)(H,14,16). The maximum atomic E-state index is 11.4. The van der Waals surface area contributed by atoms with E-state index in [0.29, 0.717) is 31.2 Å². The van der Waals surface area contributed by atoms with Gasteiger partial charge in [-0.2, -0.15) is 0 Å². The van der Waals surface area contributed by atoms with Gasteiger partial charge in [0.1, 0.15) is 5.82 Å². The minimum atomic E-state index is -0.209. The van der Waals surface area contributed by atoms with E-state index in [1.54, 1.807) is 12.1 Å². The number of aromatic nitrogens is 2. The first-order valence-corrected chi connectivity index (χ1v) is 6.11. The molecule has 0 radical (unpaired) electrons. The highest BCUT2D eigenvalue weighted by atomic mass is 16.5. The Hall–Kier alpha value is -1.69. The lowest BCUT2D eigenvalue weighted by Gasteiger charge is -2.08. The molecular weight excluding hydrogens is 232 g/mol. The van der Waals surface area contributed by atoms with Gasteiger partial charge in [0.15, 0.2) is 5.69 Å². The summed E-state index contributed by atoms with van der Waals surface area (Å²) in [5.41, 5.74) is 0.320. The summed E-state index contributed by atoms with van der Waals surface area (Å²) in [5, 5.41) is 13.5. The molecule has 0 fully saturated rings. The third-order valence-electron chi connectivity index (χ3n) is 2.09. The van der Waals surface area contributed by atoms with E-state index in [-0.39, 0.29) is 12.0 Å². The van der Waals surface area contributed by atoms with Gasteiger partial charge < -0.3 is 15.4 Å². The van der Waals surface area contributed by atoms with E-state index >= 15 is 0 Å². The number of anilines is 1. The largest absolute Gasteiger partial charge is 0.377 e. The van der Waals surface area contributed by atoms with Crippen molar-refractivity contribution in [1.29, 1.82) is 0 Å². The molecule has 1 aromatic rings. The Kier molecular flexibility index (Phi) is 6.07. The van der Waals surface area contributed by atoms with Gasteiger partial charge in [0.05, 0.1) is 12.7 Å². The second-order valence-corrected chi connectivity index (χ2v) is 4.01. The van der Waals surface area contributed by atoms with Crippen molar-refractivity contribution in [3.8, 4) is 0 Å². The Morgan fingerprint density at radius 3 is 2.72 bits per heavy atom. The topological polar surface area (TPSA) is 76.1 Å². The molecule has 100 valence electrons. The van der Waals surface area contributed by atoms with Crippen molar-refractivity contribution in [2.45, 2.75) is 26.9 Å². The smallest absolute Gasteiger partial charge is 0.271 e. The monoisotopic (exact) mass is 252 g/mol. The van der Waals surface area contributed by atoms with Crippen LogP contribution < -0.4 is 10.6 Å². The molecule has 0 aliphatic rings. The minimum absolute atomic E-state index is 0.209. The molecule has 2 N–H and O–H groups in total. The zero-order chi connectivity index (χ0) is 13.4. The highest BCUT2D eigenvalue weighted by molar-refractivity contribution is 5.92. The minimum Gasteiger partial charge on any atom is -0.377 e. The van der Waals surface area contributed by atoms with E-state index in [0.717, 1.165) is 0 Å². The van der Waals surface area contributed by atoms with Gasteiger partial charge in [-0.1, -0.05) is 0 Å². The lowest BCUT2D eigenvalue weighted by atomic mass is 10.3. The summed E-state index contributed by atoms with van der Waals surface area (Å²) in [7, 11) is 0. The first kappa shape index (κ1) is 14.4. The van der Waals surface area contributed by atoms with Crippen molar-refractivity contribution in [3.63, 3.8) is 0 Å². The van der Waals surface area contributed by atoms with E-state index in [9.17, 15) is 4.79 Å². The van der Waals surface area contributed by atoms with Crippen molar-refractivity contribution in [3.05, 3.63) is 17.8 Å². The summed E-state index contributed by atoms with van der Waals surface area (Å²) in [6.07, 6.45) is 0.220. The van der Waals surface area contributed by atoms with Crippen molar-refractivity contribution in [1.82, 2.24) is 15.5 Å². The van der Waals surface area contributed by atoms with Gasteiger partial charge in [0.2, 0.25) is 0 Å². The Morgan fingerprint density at radius 1 is 1.39 bits per heavy atom. The number of nitrogens with zero attached hydrogens (tertiary/aromatic N) is 2. The zero-order valence-electron chi connectivity index (χ0n) is 11.1. The molecule has 6 heteroatoms.